The summed E-state index contributed by atoms with van der Waals surface area (Å²) in [6.07, 6.45) is 0.226. The lowest BCUT2D eigenvalue weighted by atomic mass is 9.90. The van der Waals surface area contributed by atoms with E-state index in [0.29, 0.717) is 19.7 Å². The average molecular weight is 214 g/mol. The zero-order valence-electron chi connectivity index (χ0n) is 9.91. The van der Waals surface area contributed by atoms with Gasteiger partial charge in [-0.2, -0.15) is 0 Å². The van der Waals surface area contributed by atoms with Crippen LogP contribution < -0.4 is 0 Å². The topological polar surface area (TPSA) is 36.9 Å². The fourth-order valence-corrected chi connectivity index (χ4v) is 1.56. The first-order chi connectivity index (χ1) is 6.91. The lowest BCUT2D eigenvalue weighted by Gasteiger charge is -2.32. The van der Waals surface area contributed by atoms with Crippen LogP contribution in [0, 0.1) is 0 Å². The molecule has 2 heterocycles. The molecule has 15 heavy (non-hydrogen) atoms. The third-order valence-corrected chi connectivity index (χ3v) is 3.38. The summed E-state index contributed by atoms with van der Waals surface area (Å²) in [4.78, 5) is 0. The summed E-state index contributed by atoms with van der Waals surface area (Å²) in [5, 5.41) is 0. The Kier molecular flexibility index (Phi) is 2.84. The van der Waals surface area contributed by atoms with E-state index in [4.69, 9.17) is 18.8 Å². The van der Waals surface area contributed by atoms with Crippen molar-refractivity contribution < 1.29 is 18.8 Å². The molecule has 0 N–H and O–H groups in total. The quantitative estimate of drug-likeness (QED) is 0.657. The Morgan fingerprint density at radius 3 is 2.07 bits per heavy atom. The Labute approximate surface area is 91.4 Å². The molecule has 86 valence electrons. The second kappa shape index (κ2) is 3.73. The van der Waals surface area contributed by atoms with Crippen LogP contribution in [0.2, 0.25) is 0 Å². The molecule has 0 bridgehead atoms. The first kappa shape index (κ1) is 11.4. The lowest BCUT2D eigenvalue weighted by Crippen LogP contribution is -2.41. The maximum Gasteiger partial charge on any atom is 0.485 e. The Bertz CT molecular complexity index is 222. The maximum atomic E-state index is 5.80. The van der Waals surface area contributed by atoms with Crippen LogP contribution in [0.15, 0.2) is 0 Å². The largest absolute Gasteiger partial charge is 0.485 e. The minimum absolute atomic E-state index is 0.226. The fraction of sp³-hybridized carbons (Fsp3) is 1.00. The van der Waals surface area contributed by atoms with Gasteiger partial charge in [0.25, 0.3) is 0 Å². The molecule has 0 radical (unpaired) electrons. The van der Waals surface area contributed by atoms with Crippen LogP contribution in [0.4, 0.5) is 0 Å². The number of hydrogen-bond acceptors (Lipinski definition) is 4. The van der Waals surface area contributed by atoms with Crippen molar-refractivity contribution in [1.82, 2.24) is 0 Å². The molecule has 2 fully saturated rings. The average Bonchev–Trinajstić information content (AvgIpc) is 2.17. The van der Waals surface area contributed by atoms with E-state index in [1.54, 1.807) is 0 Å². The predicted octanol–water partition coefficient (Wildman–Crippen LogP) is 1.03. The molecule has 0 aromatic heterocycles. The molecule has 2 rings (SSSR count). The van der Waals surface area contributed by atoms with Gasteiger partial charge in [-0.1, -0.05) is 0 Å². The van der Waals surface area contributed by atoms with Crippen LogP contribution in [0.3, 0.4) is 0 Å². The van der Waals surface area contributed by atoms with Gasteiger partial charge in [-0.3, -0.25) is 0 Å². The van der Waals surface area contributed by atoms with Gasteiger partial charge in [0.1, 0.15) is 6.10 Å². The first-order valence-corrected chi connectivity index (χ1v) is 5.46. The highest BCUT2D eigenvalue weighted by atomic mass is 16.7. The van der Waals surface area contributed by atoms with Gasteiger partial charge in [0, 0.05) is 0 Å². The van der Waals surface area contributed by atoms with Gasteiger partial charge in [0.2, 0.25) is 0 Å². The molecule has 0 amide bonds. The molecule has 2 aliphatic heterocycles. The maximum absolute atomic E-state index is 5.80. The molecule has 0 saturated carbocycles. The molecule has 0 aromatic carbocycles. The van der Waals surface area contributed by atoms with Crippen LogP contribution in [-0.2, 0) is 18.8 Å². The lowest BCUT2D eigenvalue weighted by molar-refractivity contribution is -0.122. The molecule has 2 saturated heterocycles. The zero-order valence-corrected chi connectivity index (χ0v) is 9.91. The molecular weight excluding hydrogens is 195 g/mol. The molecular formula is C10H19BO4. The van der Waals surface area contributed by atoms with Crippen molar-refractivity contribution >= 4 is 7.12 Å². The molecule has 0 aliphatic carbocycles. The van der Waals surface area contributed by atoms with E-state index < -0.39 is 0 Å². The monoisotopic (exact) mass is 214 g/mol. The summed E-state index contributed by atoms with van der Waals surface area (Å²) < 4.78 is 22.2. The summed E-state index contributed by atoms with van der Waals surface area (Å²) >= 11 is 0. The highest BCUT2D eigenvalue weighted by Gasteiger charge is 2.51. The van der Waals surface area contributed by atoms with Crippen molar-refractivity contribution in [2.75, 3.05) is 19.7 Å². The molecule has 4 nitrogen and oxygen atoms in total. The van der Waals surface area contributed by atoms with E-state index in [1.165, 1.54) is 0 Å². The zero-order chi connectivity index (χ0) is 11.1. The van der Waals surface area contributed by atoms with E-state index in [9.17, 15) is 0 Å². The van der Waals surface area contributed by atoms with Crippen molar-refractivity contribution in [1.29, 1.82) is 0 Å². The van der Waals surface area contributed by atoms with Gasteiger partial charge < -0.3 is 18.8 Å². The Hall–Kier alpha value is -0.0951. The highest BCUT2D eigenvalue weighted by Crippen LogP contribution is 2.36. The number of rotatable bonds is 3. The van der Waals surface area contributed by atoms with Gasteiger partial charge in [0.05, 0.1) is 30.9 Å². The minimum Gasteiger partial charge on any atom is -0.402 e. The van der Waals surface area contributed by atoms with Gasteiger partial charge >= 0.3 is 7.12 Å². The van der Waals surface area contributed by atoms with Gasteiger partial charge in [0.15, 0.2) is 0 Å². The van der Waals surface area contributed by atoms with E-state index >= 15 is 0 Å². The van der Waals surface area contributed by atoms with E-state index in [1.807, 2.05) is 27.7 Å². The molecule has 0 spiro atoms. The fourth-order valence-electron chi connectivity index (χ4n) is 1.56. The van der Waals surface area contributed by atoms with Crippen LogP contribution in [0.25, 0.3) is 0 Å². The van der Waals surface area contributed by atoms with E-state index in [-0.39, 0.29) is 24.4 Å². The van der Waals surface area contributed by atoms with E-state index in [0.717, 1.165) is 0 Å². The van der Waals surface area contributed by atoms with Gasteiger partial charge in [-0.25, -0.2) is 0 Å². The number of hydrogen-bond donors (Lipinski definition) is 0. The highest BCUT2D eigenvalue weighted by molar-refractivity contribution is 6.45. The summed E-state index contributed by atoms with van der Waals surface area (Å²) in [5.41, 5.74) is -0.533. The SMILES string of the molecule is CC1(C)OB(COC2COC2)OC1(C)C. The standard InChI is InChI=1S/C10H19BO4/c1-9(2)10(3,4)15-11(14-9)7-13-8-5-12-6-8/h8H,5-7H2,1-4H3. The second-order valence-corrected chi connectivity index (χ2v) is 5.18. The normalized spacial score (nSPS) is 29.2. The molecule has 0 atom stereocenters. The van der Waals surface area contributed by atoms with Crippen molar-refractivity contribution in [3.63, 3.8) is 0 Å². The van der Waals surface area contributed by atoms with Crippen LogP contribution in [0.1, 0.15) is 27.7 Å². The molecule has 0 aromatic rings. The summed E-state index contributed by atoms with van der Waals surface area (Å²) in [7, 11) is -0.254. The number of ether oxygens (including phenoxy) is 2. The van der Waals surface area contributed by atoms with E-state index in [2.05, 4.69) is 0 Å². The first-order valence-electron chi connectivity index (χ1n) is 5.46. The van der Waals surface area contributed by atoms with Crippen molar-refractivity contribution in [3.8, 4) is 0 Å². The summed E-state index contributed by atoms with van der Waals surface area (Å²) in [5.74, 6) is 0. The smallest absolute Gasteiger partial charge is 0.402 e. The molecule has 5 heteroatoms. The second-order valence-electron chi connectivity index (χ2n) is 5.18. The third-order valence-electron chi connectivity index (χ3n) is 3.38. The van der Waals surface area contributed by atoms with Gasteiger partial charge in [-0.05, 0) is 27.7 Å². The van der Waals surface area contributed by atoms with Crippen LogP contribution in [0.5, 0.6) is 0 Å². The van der Waals surface area contributed by atoms with Gasteiger partial charge in [-0.15, -0.1) is 0 Å². The molecule has 2 aliphatic rings. The summed E-state index contributed by atoms with van der Waals surface area (Å²) in [6, 6.07) is 0. The van der Waals surface area contributed by atoms with Crippen molar-refractivity contribution in [2.45, 2.75) is 45.0 Å². The summed E-state index contributed by atoms with van der Waals surface area (Å²) in [6.45, 7) is 10.0. The predicted molar refractivity (Wildman–Crippen MR) is 56.6 cm³/mol. The van der Waals surface area contributed by atoms with Crippen molar-refractivity contribution in [2.24, 2.45) is 0 Å². The van der Waals surface area contributed by atoms with Crippen LogP contribution >= 0.6 is 0 Å². The Balaban J connectivity index is 1.80. The van der Waals surface area contributed by atoms with Crippen molar-refractivity contribution in [3.05, 3.63) is 0 Å². The Morgan fingerprint density at radius 1 is 1.13 bits per heavy atom. The minimum atomic E-state index is -0.267. The molecule has 0 unspecified atom stereocenters. The third kappa shape index (κ3) is 2.20. The van der Waals surface area contributed by atoms with Crippen LogP contribution in [-0.4, -0.2) is 44.1 Å². The Morgan fingerprint density at radius 2 is 1.67 bits per heavy atom.